The van der Waals surface area contributed by atoms with Gasteiger partial charge in [0.2, 0.25) is 5.60 Å². The van der Waals surface area contributed by atoms with Gasteiger partial charge in [0.05, 0.1) is 12.8 Å². The molecule has 30 heavy (non-hydrogen) atoms. The lowest BCUT2D eigenvalue weighted by Crippen LogP contribution is -2.37. The van der Waals surface area contributed by atoms with Crippen molar-refractivity contribution in [2.45, 2.75) is 52.1 Å². The number of hydrogen-bond donors (Lipinski definition) is 1. The molecule has 164 valence electrons. The molecule has 0 saturated heterocycles. The molecule has 1 aliphatic rings. The molecule has 1 aromatic heterocycles. The summed E-state index contributed by atoms with van der Waals surface area (Å²) in [6.07, 6.45) is 3.73. The van der Waals surface area contributed by atoms with Crippen LogP contribution in [0.5, 0.6) is 5.75 Å². The van der Waals surface area contributed by atoms with Gasteiger partial charge in [0, 0.05) is 17.8 Å². The van der Waals surface area contributed by atoms with Crippen LogP contribution in [0.2, 0.25) is 0 Å². The van der Waals surface area contributed by atoms with E-state index in [1.165, 1.54) is 6.92 Å². The molecule has 7 nitrogen and oxygen atoms in total. The van der Waals surface area contributed by atoms with Gasteiger partial charge in [0.25, 0.3) is 0 Å². The summed E-state index contributed by atoms with van der Waals surface area (Å²) in [4.78, 5) is 15.0. The third kappa shape index (κ3) is 4.52. The first kappa shape index (κ1) is 22.3. The Hall–Kier alpha value is -2.38. The summed E-state index contributed by atoms with van der Waals surface area (Å²) in [5.41, 5.74) is 1.51. The van der Waals surface area contributed by atoms with Crippen molar-refractivity contribution in [2.24, 2.45) is 0 Å². The van der Waals surface area contributed by atoms with Crippen LogP contribution in [0.4, 0.5) is 0 Å². The van der Waals surface area contributed by atoms with Gasteiger partial charge in [0.1, 0.15) is 18.1 Å². The van der Waals surface area contributed by atoms with Crippen LogP contribution in [0.15, 0.2) is 24.3 Å². The Kier molecular flexibility index (Phi) is 7.15. The van der Waals surface area contributed by atoms with Gasteiger partial charge in [-0.05, 0) is 70.0 Å². The van der Waals surface area contributed by atoms with Crippen molar-refractivity contribution in [1.29, 1.82) is 0 Å². The van der Waals surface area contributed by atoms with E-state index in [-0.39, 0.29) is 6.61 Å². The zero-order valence-corrected chi connectivity index (χ0v) is 18.5. The molecule has 0 amide bonds. The number of nitrogens with zero attached hydrogens (tertiary/aromatic N) is 3. The molecule has 1 aliphatic carbocycles. The van der Waals surface area contributed by atoms with Gasteiger partial charge >= 0.3 is 5.97 Å². The number of benzene rings is 1. The molecule has 0 fully saturated rings. The fourth-order valence-corrected chi connectivity index (χ4v) is 3.97. The third-order valence-corrected chi connectivity index (χ3v) is 5.89. The Bertz CT molecular complexity index is 854. The predicted octanol–water partition coefficient (Wildman–Crippen LogP) is 2.85. The summed E-state index contributed by atoms with van der Waals surface area (Å²) in [6, 6.07) is 7.63. The molecule has 0 bridgehead atoms. The maximum absolute atomic E-state index is 12.8. The molecule has 0 saturated carbocycles. The van der Waals surface area contributed by atoms with Crippen LogP contribution in [0.25, 0.3) is 5.69 Å². The molecular weight excluding hydrogens is 382 g/mol. The summed E-state index contributed by atoms with van der Waals surface area (Å²) in [5.74, 6) is 0.117. The zero-order chi connectivity index (χ0) is 21.7. The van der Waals surface area contributed by atoms with Crippen molar-refractivity contribution in [3.63, 3.8) is 0 Å². The highest BCUT2D eigenvalue weighted by Gasteiger charge is 2.41. The van der Waals surface area contributed by atoms with E-state index in [4.69, 9.17) is 14.6 Å². The zero-order valence-electron chi connectivity index (χ0n) is 18.5. The normalized spacial score (nSPS) is 15.5. The maximum atomic E-state index is 12.8. The molecule has 0 aliphatic heterocycles. The van der Waals surface area contributed by atoms with Crippen LogP contribution in [0.3, 0.4) is 0 Å². The van der Waals surface area contributed by atoms with Crippen molar-refractivity contribution in [3.8, 4) is 11.4 Å². The standard InChI is InChI=1S/C23H33N3O4/c1-5-25(6-2)15-16-30-22(27)23(3,28)21-19-9-7-8-10-20(19)26(24-21)17-11-13-18(29-4)14-12-17/h11-14,28H,5-10,15-16H2,1-4H3. The van der Waals surface area contributed by atoms with Gasteiger partial charge in [-0.2, -0.15) is 5.10 Å². The van der Waals surface area contributed by atoms with Crippen LogP contribution < -0.4 is 4.74 Å². The number of aromatic nitrogens is 2. The molecule has 1 N–H and O–H groups in total. The number of ether oxygens (including phenoxy) is 2. The number of aliphatic hydroxyl groups is 1. The van der Waals surface area contributed by atoms with Crippen LogP contribution >= 0.6 is 0 Å². The molecular formula is C23H33N3O4. The quantitative estimate of drug-likeness (QED) is 0.635. The minimum absolute atomic E-state index is 0.248. The molecule has 2 aromatic rings. The van der Waals surface area contributed by atoms with Gasteiger partial charge < -0.3 is 19.5 Å². The lowest BCUT2D eigenvalue weighted by atomic mass is 9.89. The minimum Gasteiger partial charge on any atom is -0.497 e. The topological polar surface area (TPSA) is 76.8 Å². The number of rotatable bonds is 9. The molecule has 1 atom stereocenters. The Morgan fingerprint density at radius 3 is 2.50 bits per heavy atom. The highest BCUT2D eigenvalue weighted by Crippen LogP contribution is 2.33. The minimum atomic E-state index is -1.79. The number of hydrogen-bond acceptors (Lipinski definition) is 6. The van der Waals surface area contributed by atoms with Gasteiger partial charge in [0.15, 0.2) is 0 Å². The number of fused-ring (bicyclic) bond motifs is 1. The molecule has 1 aromatic carbocycles. The second kappa shape index (κ2) is 9.62. The SMILES string of the molecule is CCN(CC)CCOC(=O)C(C)(O)c1nn(-c2ccc(OC)cc2)c2c1CCCC2. The van der Waals surface area contributed by atoms with Crippen molar-refractivity contribution >= 4 is 5.97 Å². The molecule has 3 rings (SSSR count). The number of esters is 1. The highest BCUT2D eigenvalue weighted by molar-refractivity contribution is 5.80. The van der Waals surface area contributed by atoms with E-state index >= 15 is 0 Å². The van der Waals surface area contributed by atoms with Crippen LogP contribution in [0.1, 0.15) is 50.6 Å². The lowest BCUT2D eigenvalue weighted by molar-refractivity contribution is -0.165. The molecule has 1 heterocycles. The van der Waals surface area contributed by atoms with Crippen LogP contribution in [0, 0.1) is 0 Å². The monoisotopic (exact) mass is 415 g/mol. The second-order valence-electron chi connectivity index (χ2n) is 7.83. The Morgan fingerprint density at radius 2 is 1.87 bits per heavy atom. The van der Waals surface area contributed by atoms with E-state index in [1.807, 2.05) is 28.9 Å². The number of likely N-dealkylation sites (N-methyl/N-ethyl adjacent to an activating group) is 1. The third-order valence-electron chi connectivity index (χ3n) is 5.89. The number of carbonyl (C=O) groups is 1. The van der Waals surface area contributed by atoms with Crippen molar-refractivity contribution < 1.29 is 19.4 Å². The van der Waals surface area contributed by atoms with E-state index in [0.29, 0.717) is 12.2 Å². The molecule has 1 unspecified atom stereocenters. The lowest BCUT2D eigenvalue weighted by Gasteiger charge is -2.23. The Balaban J connectivity index is 1.86. The average Bonchev–Trinajstić information content (AvgIpc) is 3.17. The van der Waals surface area contributed by atoms with E-state index < -0.39 is 11.6 Å². The van der Waals surface area contributed by atoms with E-state index in [9.17, 15) is 9.90 Å². The van der Waals surface area contributed by atoms with Gasteiger partial charge in [-0.1, -0.05) is 13.8 Å². The van der Waals surface area contributed by atoms with E-state index in [1.54, 1.807) is 7.11 Å². The fourth-order valence-electron chi connectivity index (χ4n) is 3.97. The van der Waals surface area contributed by atoms with Gasteiger partial charge in [-0.3, -0.25) is 0 Å². The second-order valence-corrected chi connectivity index (χ2v) is 7.83. The van der Waals surface area contributed by atoms with Crippen LogP contribution in [-0.2, 0) is 28.0 Å². The summed E-state index contributed by atoms with van der Waals surface area (Å²) in [5, 5.41) is 15.8. The number of carbonyl (C=O) groups excluding carboxylic acids is 1. The van der Waals surface area contributed by atoms with Crippen LogP contribution in [-0.4, -0.2) is 59.1 Å². The highest BCUT2D eigenvalue weighted by atomic mass is 16.5. The maximum Gasteiger partial charge on any atom is 0.344 e. The summed E-state index contributed by atoms with van der Waals surface area (Å²) >= 11 is 0. The van der Waals surface area contributed by atoms with Crippen molar-refractivity contribution in [2.75, 3.05) is 33.4 Å². The first-order valence-electron chi connectivity index (χ1n) is 10.8. The molecule has 0 radical (unpaired) electrons. The molecule has 7 heteroatoms. The van der Waals surface area contributed by atoms with Gasteiger partial charge in [-0.25, -0.2) is 9.48 Å². The largest absolute Gasteiger partial charge is 0.497 e. The van der Waals surface area contributed by atoms with E-state index in [0.717, 1.165) is 61.5 Å². The first-order valence-corrected chi connectivity index (χ1v) is 10.8. The first-order chi connectivity index (χ1) is 14.4. The van der Waals surface area contributed by atoms with Gasteiger partial charge in [-0.15, -0.1) is 0 Å². The summed E-state index contributed by atoms with van der Waals surface area (Å²) < 4.78 is 12.5. The van der Waals surface area contributed by atoms with Crippen molar-refractivity contribution in [1.82, 2.24) is 14.7 Å². The molecule has 0 spiro atoms. The fraction of sp³-hybridized carbons (Fsp3) is 0.565. The van der Waals surface area contributed by atoms with E-state index in [2.05, 4.69) is 18.7 Å². The Morgan fingerprint density at radius 1 is 1.20 bits per heavy atom. The summed E-state index contributed by atoms with van der Waals surface area (Å²) in [7, 11) is 1.63. The average molecular weight is 416 g/mol. The smallest absolute Gasteiger partial charge is 0.344 e. The van der Waals surface area contributed by atoms with Crippen molar-refractivity contribution in [3.05, 3.63) is 41.2 Å². The number of methoxy groups -OCH3 is 1. The Labute approximate surface area is 178 Å². The predicted molar refractivity (Wildman–Crippen MR) is 115 cm³/mol. The summed E-state index contributed by atoms with van der Waals surface area (Å²) in [6.45, 7) is 8.31.